The van der Waals surface area contributed by atoms with Crippen molar-refractivity contribution in [2.24, 2.45) is 5.10 Å². The maximum absolute atomic E-state index is 4.22. The van der Waals surface area contributed by atoms with Crippen LogP contribution in [0.1, 0.15) is 6.92 Å². The summed E-state index contributed by atoms with van der Waals surface area (Å²) >= 11 is 0. The Labute approximate surface area is 79.2 Å². The van der Waals surface area contributed by atoms with Crippen LogP contribution in [0.4, 0.5) is 5.69 Å². The molecule has 0 unspecified atom stereocenters. The highest BCUT2D eigenvalue weighted by Gasteiger charge is 1.98. The summed E-state index contributed by atoms with van der Waals surface area (Å²) in [5.41, 5.74) is 1.08. The van der Waals surface area contributed by atoms with Crippen LogP contribution in [-0.4, -0.2) is 12.8 Å². The number of rotatable bonds is 4. The summed E-state index contributed by atoms with van der Waals surface area (Å²) in [6.07, 6.45) is 3.61. The lowest BCUT2D eigenvalue weighted by Gasteiger charge is -2.16. The van der Waals surface area contributed by atoms with E-state index in [-0.39, 0.29) is 0 Å². The first-order valence-corrected chi connectivity index (χ1v) is 4.30. The van der Waals surface area contributed by atoms with Crippen LogP contribution < -0.4 is 5.01 Å². The number of hydrogen-bond donors (Lipinski definition) is 0. The molecule has 0 aliphatic heterocycles. The summed E-state index contributed by atoms with van der Waals surface area (Å²) in [7, 11) is 0. The van der Waals surface area contributed by atoms with Gasteiger partial charge < -0.3 is 0 Å². The van der Waals surface area contributed by atoms with Gasteiger partial charge in [0.15, 0.2) is 0 Å². The summed E-state index contributed by atoms with van der Waals surface area (Å²) in [6.45, 7) is 6.33. The molecule has 0 amide bonds. The Morgan fingerprint density at radius 3 is 2.62 bits per heavy atom. The van der Waals surface area contributed by atoms with Crippen molar-refractivity contribution in [1.29, 1.82) is 0 Å². The molecule has 0 N–H and O–H groups in total. The van der Waals surface area contributed by atoms with E-state index in [4.69, 9.17) is 0 Å². The van der Waals surface area contributed by atoms with Gasteiger partial charge in [-0.25, -0.2) is 0 Å². The molecule has 2 nitrogen and oxygen atoms in total. The van der Waals surface area contributed by atoms with Gasteiger partial charge in [-0.1, -0.05) is 24.3 Å². The highest BCUT2D eigenvalue weighted by molar-refractivity contribution is 5.57. The quantitative estimate of drug-likeness (QED) is 0.389. The minimum absolute atomic E-state index is 0.731. The summed E-state index contributed by atoms with van der Waals surface area (Å²) in [5.74, 6) is 0. The molecule has 0 bridgehead atoms. The number of para-hydroxylation sites is 1. The second-order valence-corrected chi connectivity index (χ2v) is 2.58. The number of nitrogens with zero attached hydrogens (tertiary/aromatic N) is 2. The summed E-state index contributed by atoms with van der Waals surface area (Å²) < 4.78 is 0. The molecule has 68 valence electrons. The van der Waals surface area contributed by atoms with Gasteiger partial charge in [-0.15, -0.1) is 6.58 Å². The van der Waals surface area contributed by atoms with E-state index in [1.807, 2.05) is 48.3 Å². The van der Waals surface area contributed by atoms with E-state index >= 15 is 0 Å². The molecular formula is C11H14N2. The van der Waals surface area contributed by atoms with Gasteiger partial charge in [0.1, 0.15) is 0 Å². The fraction of sp³-hybridized carbons (Fsp3) is 0.182. The smallest absolute Gasteiger partial charge is 0.0597 e. The minimum atomic E-state index is 0.731. The van der Waals surface area contributed by atoms with Crippen molar-refractivity contribution < 1.29 is 0 Å². The van der Waals surface area contributed by atoms with E-state index < -0.39 is 0 Å². The molecule has 0 saturated carbocycles. The average Bonchev–Trinajstić information content (AvgIpc) is 2.19. The summed E-state index contributed by atoms with van der Waals surface area (Å²) in [6, 6.07) is 10.0. The maximum Gasteiger partial charge on any atom is 0.0597 e. The highest BCUT2D eigenvalue weighted by Crippen LogP contribution is 2.12. The molecule has 0 spiro atoms. The molecule has 0 aliphatic carbocycles. The van der Waals surface area contributed by atoms with Crippen molar-refractivity contribution in [2.45, 2.75) is 6.92 Å². The molecule has 0 atom stereocenters. The molecule has 0 aromatic heterocycles. The molecule has 0 fully saturated rings. The van der Waals surface area contributed by atoms with E-state index in [1.54, 1.807) is 6.21 Å². The number of hydrogen-bond acceptors (Lipinski definition) is 2. The number of hydrazone groups is 1. The van der Waals surface area contributed by atoms with Crippen LogP contribution in [0.25, 0.3) is 0 Å². The first kappa shape index (κ1) is 9.52. The zero-order chi connectivity index (χ0) is 9.52. The Kier molecular flexibility index (Phi) is 3.76. The third-order valence-corrected chi connectivity index (χ3v) is 1.61. The third-order valence-electron chi connectivity index (χ3n) is 1.61. The first-order valence-electron chi connectivity index (χ1n) is 4.30. The van der Waals surface area contributed by atoms with E-state index in [0.717, 1.165) is 12.2 Å². The SMILES string of the molecule is C=CCN(/N=C\C)c1ccccc1. The highest BCUT2D eigenvalue weighted by atomic mass is 15.4. The molecule has 0 heterocycles. The van der Waals surface area contributed by atoms with Crippen LogP contribution in [0.5, 0.6) is 0 Å². The molecule has 0 saturated heterocycles. The molecular weight excluding hydrogens is 160 g/mol. The normalized spacial score (nSPS) is 10.2. The minimum Gasteiger partial charge on any atom is -0.262 e. The van der Waals surface area contributed by atoms with Crippen molar-refractivity contribution in [2.75, 3.05) is 11.6 Å². The number of anilines is 1. The van der Waals surface area contributed by atoms with Crippen LogP contribution in [-0.2, 0) is 0 Å². The molecule has 1 rings (SSSR count). The van der Waals surface area contributed by atoms with Gasteiger partial charge in [0, 0.05) is 6.21 Å². The van der Waals surface area contributed by atoms with Crippen LogP contribution in [0.3, 0.4) is 0 Å². The Hall–Kier alpha value is -1.57. The Balaban J connectivity index is 2.81. The van der Waals surface area contributed by atoms with E-state index in [0.29, 0.717) is 0 Å². The second kappa shape index (κ2) is 5.14. The van der Waals surface area contributed by atoms with Crippen molar-refractivity contribution in [3.8, 4) is 0 Å². The lowest BCUT2D eigenvalue weighted by Crippen LogP contribution is -2.15. The molecule has 1 aromatic rings. The Morgan fingerprint density at radius 2 is 2.08 bits per heavy atom. The monoisotopic (exact) mass is 174 g/mol. The van der Waals surface area contributed by atoms with Gasteiger partial charge in [0.25, 0.3) is 0 Å². The standard InChI is InChI=1S/C11H14N2/c1-3-10-13(12-4-2)11-8-6-5-7-9-11/h3-9H,1,10H2,2H3/b12-4-. The zero-order valence-electron chi connectivity index (χ0n) is 7.85. The summed E-state index contributed by atoms with van der Waals surface area (Å²) in [5, 5.41) is 6.12. The Bertz CT molecular complexity index is 277. The van der Waals surface area contributed by atoms with E-state index in [9.17, 15) is 0 Å². The van der Waals surface area contributed by atoms with Crippen LogP contribution in [0.15, 0.2) is 48.1 Å². The van der Waals surface area contributed by atoms with Crippen molar-refractivity contribution in [3.05, 3.63) is 43.0 Å². The average molecular weight is 174 g/mol. The van der Waals surface area contributed by atoms with Crippen molar-refractivity contribution in [3.63, 3.8) is 0 Å². The molecule has 0 aliphatic rings. The summed E-state index contributed by atoms with van der Waals surface area (Å²) in [4.78, 5) is 0. The van der Waals surface area contributed by atoms with E-state index in [1.165, 1.54) is 0 Å². The van der Waals surface area contributed by atoms with Gasteiger partial charge in [-0.3, -0.25) is 5.01 Å². The third kappa shape index (κ3) is 2.75. The van der Waals surface area contributed by atoms with Crippen LogP contribution in [0, 0.1) is 0 Å². The van der Waals surface area contributed by atoms with Crippen molar-refractivity contribution >= 4 is 11.9 Å². The van der Waals surface area contributed by atoms with Crippen molar-refractivity contribution in [1.82, 2.24) is 0 Å². The predicted molar refractivity (Wildman–Crippen MR) is 58.2 cm³/mol. The maximum atomic E-state index is 4.22. The first-order chi connectivity index (χ1) is 6.38. The molecule has 13 heavy (non-hydrogen) atoms. The Morgan fingerprint density at radius 1 is 1.38 bits per heavy atom. The van der Waals surface area contributed by atoms with Crippen LogP contribution >= 0.6 is 0 Å². The fourth-order valence-corrected chi connectivity index (χ4v) is 1.08. The van der Waals surface area contributed by atoms with Gasteiger partial charge in [0.05, 0.1) is 12.2 Å². The topological polar surface area (TPSA) is 15.6 Å². The van der Waals surface area contributed by atoms with Crippen LogP contribution in [0.2, 0.25) is 0 Å². The molecule has 2 heteroatoms. The molecule has 1 aromatic carbocycles. The van der Waals surface area contributed by atoms with Gasteiger partial charge >= 0.3 is 0 Å². The predicted octanol–water partition coefficient (Wildman–Crippen LogP) is 2.68. The fourth-order valence-electron chi connectivity index (χ4n) is 1.08. The zero-order valence-corrected chi connectivity index (χ0v) is 7.85. The van der Waals surface area contributed by atoms with Gasteiger partial charge in [-0.2, -0.15) is 5.10 Å². The molecule has 0 radical (unpaired) electrons. The second-order valence-electron chi connectivity index (χ2n) is 2.58. The van der Waals surface area contributed by atoms with E-state index in [2.05, 4.69) is 11.7 Å². The largest absolute Gasteiger partial charge is 0.262 e. The number of benzene rings is 1. The van der Waals surface area contributed by atoms with Gasteiger partial charge in [0.2, 0.25) is 0 Å². The van der Waals surface area contributed by atoms with Gasteiger partial charge in [-0.05, 0) is 19.1 Å². The lowest BCUT2D eigenvalue weighted by atomic mass is 10.3. The lowest BCUT2D eigenvalue weighted by molar-refractivity contribution is 0.946.